The van der Waals surface area contributed by atoms with Crippen molar-refractivity contribution in [3.63, 3.8) is 0 Å². The van der Waals surface area contributed by atoms with Crippen LogP contribution in [0.1, 0.15) is 11.1 Å². The number of benzene rings is 1. The summed E-state index contributed by atoms with van der Waals surface area (Å²) in [6.07, 6.45) is 1.86. The average Bonchev–Trinajstić information content (AvgIpc) is 2.49. The molecule has 1 aromatic heterocycles. The summed E-state index contributed by atoms with van der Waals surface area (Å²) in [6, 6.07) is 5.98. The van der Waals surface area contributed by atoms with E-state index in [4.69, 9.17) is 5.73 Å². The predicted molar refractivity (Wildman–Crippen MR) is 65.2 cm³/mol. The fourth-order valence-electron chi connectivity index (χ4n) is 1.66. The number of aromatic nitrogens is 2. The van der Waals surface area contributed by atoms with Crippen molar-refractivity contribution in [3.8, 4) is 5.69 Å². The molecule has 1 heterocycles. The van der Waals surface area contributed by atoms with E-state index >= 15 is 0 Å². The lowest BCUT2D eigenvalue weighted by molar-refractivity contribution is 0.872. The van der Waals surface area contributed by atoms with Crippen LogP contribution in [0.5, 0.6) is 0 Å². The molecule has 0 unspecified atom stereocenters. The van der Waals surface area contributed by atoms with Crippen molar-refractivity contribution < 1.29 is 0 Å². The number of rotatable bonds is 1. The van der Waals surface area contributed by atoms with Crippen LogP contribution in [0.4, 0.5) is 5.82 Å². The van der Waals surface area contributed by atoms with Crippen LogP contribution in [0, 0.1) is 13.8 Å². The zero-order valence-electron chi connectivity index (χ0n) is 8.66. The summed E-state index contributed by atoms with van der Waals surface area (Å²) in [6.45, 7) is 4.13. The largest absolute Gasteiger partial charge is 0.382 e. The van der Waals surface area contributed by atoms with Gasteiger partial charge in [0, 0.05) is 16.7 Å². The van der Waals surface area contributed by atoms with Gasteiger partial charge in [-0.3, -0.25) is 0 Å². The van der Waals surface area contributed by atoms with Crippen LogP contribution < -0.4 is 5.73 Å². The summed E-state index contributed by atoms with van der Waals surface area (Å²) in [5.74, 6) is 0.530. The Bertz CT molecular complexity index is 479. The Morgan fingerprint density at radius 3 is 2.60 bits per heavy atom. The Morgan fingerprint density at radius 2 is 2.07 bits per heavy atom. The Hall–Kier alpha value is -1.29. The molecule has 0 saturated carbocycles. The zero-order chi connectivity index (χ0) is 11.0. The number of halogens is 1. The molecule has 2 N–H and O–H groups in total. The van der Waals surface area contributed by atoms with Gasteiger partial charge in [-0.15, -0.1) is 0 Å². The van der Waals surface area contributed by atoms with E-state index in [0.717, 1.165) is 10.2 Å². The molecule has 1 aromatic carbocycles. The lowest BCUT2D eigenvalue weighted by atomic mass is 10.1. The van der Waals surface area contributed by atoms with Crippen LogP contribution in [-0.2, 0) is 0 Å². The summed E-state index contributed by atoms with van der Waals surface area (Å²) in [7, 11) is 0. The maximum Gasteiger partial charge on any atom is 0.145 e. The Balaban J connectivity index is 2.62. The van der Waals surface area contributed by atoms with Gasteiger partial charge in [0.15, 0.2) is 0 Å². The second-order valence-electron chi connectivity index (χ2n) is 3.60. The number of hydrogen-bond acceptors (Lipinski definition) is 2. The first-order chi connectivity index (χ1) is 7.08. The van der Waals surface area contributed by atoms with Gasteiger partial charge in [-0.1, -0.05) is 6.07 Å². The number of anilines is 1. The summed E-state index contributed by atoms with van der Waals surface area (Å²) < 4.78 is 2.82. The van der Waals surface area contributed by atoms with Crippen molar-refractivity contribution in [2.24, 2.45) is 0 Å². The molecule has 0 atom stereocenters. The molecule has 0 aliphatic carbocycles. The molecule has 0 spiro atoms. The Kier molecular flexibility index (Phi) is 2.52. The van der Waals surface area contributed by atoms with Gasteiger partial charge in [-0.2, -0.15) is 5.10 Å². The minimum atomic E-state index is 0.530. The molecule has 0 aliphatic rings. The number of nitrogens with two attached hydrogens (primary N) is 1. The number of aryl methyl sites for hydroxylation is 2. The third-order valence-corrected chi connectivity index (χ3v) is 2.84. The fraction of sp³-hybridized carbons (Fsp3) is 0.182. The van der Waals surface area contributed by atoms with Crippen molar-refractivity contribution in [3.05, 3.63) is 40.0 Å². The quantitative estimate of drug-likeness (QED) is 0.862. The van der Waals surface area contributed by atoms with Crippen molar-refractivity contribution in [2.45, 2.75) is 13.8 Å². The van der Waals surface area contributed by atoms with Crippen molar-refractivity contribution >= 4 is 21.7 Å². The van der Waals surface area contributed by atoms with Crippen molar-refractivity contribution in [1.82, 2.24) is 9.78 Å². The molecule has 0 fully saturated rings. The third-order valence-electron chi connectivity index (χ3n) is 2.24. The van der Waals surface area contributed by atoms with E-state index in [0.29, 0.717) is 5.82 Å². The first-order valence-electron chi connectivity index (χ1n) is 4.66. The first-order valence-corrected chi connectivity index (χ1v) is 5.45. The predicted octanol–water partition coefficient (Wildman–Crippen LogP) is 2.83. The summed E-state index contributed by atoms with van der Waals surface area (Å²) in [5.41, 5.74) is 9.03. The Morgan fingerprint density at radius 1 is 1.33 bits per heavy atom. The van der Waals surface area contributed by atoms with Crippen molar-refractivity contribution in [1.29, 1.82) is 0 Å². The minimum absolute atomic E-state index is 0.530. The number of hydrogen-bond donors (Lipinski definition) is 1. The van der Waals surface area contributed by atoms with Crippen LogP contribution in [0.25, 0.3) is 5.69 Å². The molecule has 3 nitrogen and oxygen atoms in total. The molecule has 2 aromatic rings. The molecule has 0 amide bonds. The van der Waals surface area contributed by atoms with E-state index in [1.807, 2.05) is 6.20 Å². The number of nitrogen functional groups attached to an aromatic ring is 1. The van der Waals surface area contributed by atoms with E-state index in [1.165, 1.54) is 11.1 Å². The normalized spacial score (nSPS) is 10.6. The zero-order valence-corrected chi connectivity index (χ0v) is 10.2. The summed E-state index contributed by atoms with van der Waals surface area (Å²) >= 11 is 3.54. The molecule has 0 saturated heterocycles. The topological polar surface area (TPSA) is 43.8 Å². The maximum absolute atomic E-state index is 5.60. The lowest BCUT2D eigenvalue weighted by Crippen LogP contribution is -2.00. The van der Waals surface area contributed by atoms with Gasteiger partial charge >= 0.3 is 0 Å². The molecular weight excluding hydrogens is 254 g/mol. The van der Waals surface area contributed by atoms with Gasteiger partial charge in [0.25, 0.3) is 0 Å². The van der Waals surface area contributed by atoms with E-state index in [9.17, 15) is 0 Å². The van der Waals surface area contributed by atoms with Crippen LogP contribution >= 0.6 is 15.9 Å². The van der Waals surface area contributed by atoms with Crippen LogP contribution in [0.15, 0.2) is 28.9 Å². The molecule has 0 bridgehead atoms. The van der Waals surface area contributed by atoms with E-state index < -0.39 is 0 Å². The summed E-state index contributed by atoms with van der Waals surface area (Å²) in [5, 5.41) is 4.20. The second-order valence-corrected chi connectivity index (χ2v) is 4.45. The standard InChI is InChI=1S/C11H12BrN3/c1-7-5-8(2)11(9(12)6-7)15-4-3-10(13)14-15/h3-6H,1-2H3,(H2,13,14). The Labute approximate surface area is 97.0 Å². The second kappa shape index (κ2) is 3.70. The maximum atomic E-state index is 5.60. The molecule has 4 heteroatoms. The van der Waals surface area contributed by atoms with Gasteiger partial charge in [0.1, 0.15) is 5.82 Å². The van der Waals surface area contributed by atoms with E-state index in [-0.39, 0.29) is 0 Å². The highest BCUT2D eigenvalue weighted by Crippen LogP contribution is 2.26. The monoisotopic (exact) mass is 265 g/mol. The van der Waals surface area contributed by atoms with Gasteiger partial charge in [-0.25, -0.2) is 4.68 Å². The highest BCUT2D eigenvalue weighted by Gasteiger charge is 2.07. The van der Waals surface area contributed by atoms with Crippen LogP contribution in [-0.4, -0.2) is 9.78 Å². The minimum Gasteiger partial charge on any atom is -0.382 e. The van der Waals surface area contributed by atoms with Gasteiger partial charge in [0.05, 0.1) is 5.69 Å². The SMILES string of the molecule is Cc1cc(C)c(-n2ccc(N)n2)c(Br)c1. The molecule has 15 heavy (non-hydrogen) atoms. The highest BCUT2D eigenvalue weighted by atomic mass is 79.9. The summed E-state index contributed by atoms with van der Waals surface area (Å²) in [4.78, 5) is 0. The van der Waals surface area contributed by atoms with E-state index in [2.05, 4.69) is 47.0 Å². The number of nitrogens with zero attached hydrogens (tertiary/aromatic N) is 2. The molecule has 0 radical (unpaired) electrons. The van der Waals surface area contributed by atoms with Gasteiger partial charge in [0.2, 0.25) is 0 Å². The van der Waals surface area contributed by atoms with Gasteiger partial charge in [-0.05, 0) is 47.0 Å². The average molecular weight is 266 g/mol. The highest BCUT2D eigenvalue weighted by molar-refractivity contribution is 9.10. The smallest absolute Gasteiger partial charge is 0.145 e. The van der Waals surface area contributed by atoms with Crippen LogP contribution in [0.2, 0.25) is 0 Å². The lowest BCUT2D eigenvalue weighted by Gasteiger charge is -2.09. The third kappa shape index (κ3) is 1.90. The van der Waals surface area contributed by atoms with Crippen LogP contribution in [0.3, 0.4) is 0 Å². The first kappa shape index (κ1) is 10.2. The van der Waals surface area contributed by atoms with E-state index in [1.54, 1.807) is 10.7 Å². The molecular formula is C11H12BrN3. The van der Waals surface area contributed by atoms with Crippen molar-refractivity contribution in [2.75, 3.05) is 5.73 Å². The molecule has 2 rings (SSSR count). The van der Waals surface area contributed by atoms with Gasteiger partial charge < -0.3 is 5.73 Å². The molecule has 78 valence electrons. The fourth-order valence-corrected chi connectivity index (χ4v) is 2.52. The molecule has 0 aliphatic heterocycles.